The Morgan fingerprint density at radius 2 is 2.05 bits per heavy atom. The summed E-state index contributed by atoms with van der Waals surface area (Å²) in [7, 11) is -3.29. The van der Waals surface area contributed by atoms with Crippen molar-refractivity contribution >= 4 is 44.8 Å². The molecule has 1 heterocycles. The summed E-state index contributed by atoms with van der Waals surface area (Å²) < 4.78 is 25.0. The van der Waals surface area contributed by atoms with E-state index >= 15 is 0 Å². The molecule has 3 N–H and O–H groups in total. The van der Waals surface area contributed by atoms with Gasteiger partial charge in [-0.15, -0.1) is 12.4 Å². The molecule has 0 aliphatic rings. The lowest BCUT2D eigenvalue weighted by Crippen LogP contribution is -2.24. The van der Waals surface area contributed by atoms with Crippen molar-refractivity contribution in [3.8, 4) is 0 Å². The van der Waals surface area contributed by atoms with E-state index in [2.05, 4.69) is 9.71 Å². The largest absolute Gasteiger partial charge is 0.376 e. The number of aromatic nitrogens is 1. The fourth-order valence-corrected chi connectivity index (χ4v) is 2.79. The Bertz CT molecular complexity index is 724. The van der Waals surface area contributed by atoms with Gasteiger partial charge in [-0.1, -0.05) is 0 Å². The van der Waals surface area contributed by atoms with Crippen LogP contribution >= 0.6 is 12.4 Å². The number of aliphatic hydroxyl groups is 1. The molecule has 0 amide bonds. The lowest BCUT2D eigenvalue weighted by atomic mass is 10.1. The summed E-state index contributed by atoms with van der Waals surface area (Å²) in [6, 6.07) is 5.32. The van der Waals surface area contributed by atoms with Crippen LogP contribution < -0.4 is 9.62 Å². The molecule has 0 aliphatic heterocycles. The molecule has 2 rings (SSSR count). The molecule has 0 aliphatic carbocycles. The van der Waals surface area contributed by atoms with E-state index in [0.717, 1.165) is 28.5 Å². The number of anilines is 2. The second kappa shape index (κ2) is 6.55. The van der Waals surface area contributed by atoms with E-state index < -0.39 is 10.0 Å². The van der Waals surface area contributed by atoms with Gasteiger partial charge in [-0.3, -0.25) is 4.72 Å². The maximum atomic E-state index is 11.3. The summed E-state index contributed by atoms with van der Waals surface area (Å²) in [5.74, 6) is 0.849. The average molecular weight is 334 g/mol. The van der Waals surface area contributed by atoms with Crippen molar-refractivity contribution in [1.29, 1.82) is 0 Å². The van der Waals surface area contributed by atoms with E-state index in [0.29, 0.717) is 12.2 Å². The summed E-state index contributed by atoms with van der Waals surface area (Å²) >= 11 is 0. The predicted molar refractivity (Wildman–Crippen MR) is 88.9 cm³/mol. The lowest BCUT2D eigenvalue weighted by Gasteiger charge is -2.18. The molecular weight excluding hydrogens is 314 g/mol. The standard InChI is InChI=1S/C13H19N3O3S.ClH/c1-4-16(8-17)13-9(2)11-7-10(15-20(3,18)19)5-6-12(11)14-13;/h5-7,14-15,17H,4,8H2,1-3H3;1H. The normalized spacial score (nSPS) is 11.2. The van der Waals surface area contributed by atoms with Crippen LogP contribution in [0.25, 0.3) is 10.9 Å². The number of rotatable bonds is 5. The number of benzene rings is 1. The van der Waals surface area contributed by atoms with Crippen molar-refractivity contribution in [1.82, 2.24) is 4.98 Å². The van der Waals surface area contributed by atoms with Crippen LogP contribution in [-0.4, -0.2) is 38.0 Å². The lowest BCUT2D eigenvalue weighted by molar-refractivity contribution is 0.292. The second-order valence-electron chi connectivity index (χ2n) is 4.73. The summed E-state index contributed by atoms with van der Waals surface area (Å²) in [5.41, 5.74) is 2.41. The molecule has 6 nitrogen and oxygen atoms in total. The third kappa shape index (κ3) is 3.81. The molecule has 118 valence electrons. The molecule has 2 aromatic rings. The molecule has 0 saturated carbocycles. The number of nitrogens with one attached hydrogen (secondary N) is 2. The summed E-state index contributed by atoms with van der Waals surface area (Å²) in [5, 5.41) is 10.3. The Kier molecular flexibility index (Phi) is 5.49. The van der Waals surface area contributed by atoms with Crippen molar-refractivity contribution in [2.75, 3.05) is 29.2 Å². The van der Waals surface area contributed by atoms with Gasteiger partial charge in [-0.05, 0) is 37.6 Å². The van der Waals surface area contributed by atoms with Crippen LogP contribution in [0.5, 0.6) is 0 Å². The molecule has 0 radical (unpaired) electrons. The highest BCUT2D eigenvalue weighted by Gasteiger charge is 2.13. The molecule has 0 atom stereocenters. The van der Waals surface area contributed by atoms with Crippen molar-refractivity contribution < 1.29 is 13.5 Å². The van der Waals surface area contributed by atoms with E-state index in [1.807, 2.05) is 19.9 Å². The van der Waals surface area contributed by atoms with Crippen LogP contribution in [0.1, 0.15) is 12.5 Å². The monoisotopic (exact) mass is 333 g/mol. The number of hydrogen-bond donors (Lipinski definition) is 3. The molecule has 8 heteroatoms. The van der Waals surface area contributed by atoms with Crippen molar-refractivity contribution in [2.45, 2.75) is 13.8 Å². The Labute approximate surface area is 130 Å². The number of fused-ring (bicyclic) bond motifs is 1. The first-order chi connectivity index (χ1) is 9.35. The van der Waals surface area contributed by atoms with E-state index in [4.69, 9.17) is 0 Å². The first kappa shape index (κ1) is 17.6. The SMILES string of the molecule is CCN(CO)c1[nH]c2ccc(NS(C)(=O)=O)cc2c1C.Cl. The minimum Gasteiger partial charge on any atom is -0.376 e. The number of hydrogen-bond acceptors (Lipinski definition) is 4. The van der Waals surface area contributed by atoms with Gasteiger partial charge in [-0.25, -0.2) is 8.42 Å². The Morgan fingerprint density at radius 3 is 2.57 bits per heavy atom. The van der Waals surface area contributed by atoms with Gasteiger partial charge in [-0.2, -0.15) is 0 Å². The Balaban J connectivity index is 0.00000220. The van der Waals surface area contributed by atoms with Gasteiger partial charge in [0.15, 0.2) is 0 Å². The molecule has 0 unspecified atom stereocenters. The third-order valence-corrected chi connectivity index (χ3v) is 3.81. The molecule has 21 heavy (non-hydrogen) atoms. The average Bonchev–Trinajstić information content (AvgIpc) is 2.67. The Morgan fingerprint density at radius 1 is 1.38 bits per heavy atom. The molecule has 1 aromatic carbocycles. The molecule has 0 fully saturated rings. The molecule has 0 spiro atoms. The highest BCUT2D eigenvalue weighted by molar-refractivity contribution is 7.92. The number of aryl methyl sites for hydroxylation is 1. The van der Waals surface area contributed by atoms with Crippen molar-refractivity contribution in [3.63, 3.8) is 0 Å². The highest BCUT2D eigenvalue weighted by Crippen LogP contribution is 2.30. The first-order valence-electron chi connectivity index (χ1n) is 6.31. The van der Waals surface area contributed by atoms with Crippen LogP contribution in [-0.2, 0) is 10.0 Å². The first-order valence-corrected chi connectivity index (χ1v) is 8.20. The maximum Gasteiger partial charge on any atom is 0.229 e. The van der Waals surface area contributed by atoms with E-state index in [-0.39, 0.29) is 19.1 Å². The highest BCUT2D eigenvalue weighted by atomic mass is 35.5. The van der Waals surface area contributed by atoms with Gasteiger partial charge in [0.25, 0.3) is 0 Å². The van der Waals surface area contributed by atoms with Crippen LogP contribution in [0, 0.1) is 6.92 Å². The fraction of sp³-hybridized carbons (Fsp3) is 0.385. The van der Waals surface area contributed by atoms with Gasteiger partial charge in [0.1, 0.15) is 12.5 Å². The van der Waals surface area contributed by atoms with E-state index in [1.54, 1.807) is 17.0 Å². The minimum atomic E-state index is -3.29. The zero-order valence-electron chi connectivity index (χ0n) is 12.2. The van der Waals surface area contributed by atoms with Crippen molar-refractivity contribution in [2.24, 2.45) is 0 Å². The summed E-state index contributed by atoms with van der Waals surface area (Å²) in [6.07, 6.45) is 1.12. The predicted octanol–water partition coefficient (Wildman–Crippen LogP) is 2.05. The Hall–Kier alpha value is -1.44. The van der Waals surface area contributed by atoms with Crippen LogP contribution in [0.3, 0.4) is 0 Å². The summed E-state index contributed by atoms with van der Waals surface area (Å²) in [4.78, 5) is 5.05. The van der Waals surface area contributed by atoms with E-state index in [9.17, 15) is 13.5 Å². The van der Waals surface area contributed by atoms with Gasteiger partial charge in [0.05, 0.1) is 6.26 Å². The van der Waals surface area contributed by atoms with Gasteiger partial charge < -0.3 is 15.0 Å². The van der Waals surface area contributed by atoms with Crippen LogP contribution in [0.15, 0.2) is 18.2 Å². The van der Waals surface area contributed by atoms with Crippen LogP contribution in [0.4, 0.5) is 11.5 Å². The summed E-state index contributed by atoms with van der Waals surface area (Å²) in [6.45, 7) is 4.51. The van der Waals surface area contributed by atoms with Gasteiger partial charge in [0.2, 0.25) is 10.0 Å². The van der Waals surface area contributed by atoms with Gasteiger partial charge in [0, 0.05) is 23.1 Å². The number of aliphatic hydroxyl groups excluding tert-OH is 1. The topological polar surface area (TPSA) is 85.4 Å². The number of nitrogens with zero attached hydrogens (tertiary/aromatic N) is 1. The van der Waals surface area contributed by atoms with Crippen molar-refractivity contribution in [3.05, 3.63) is 23.8 Å². The number of H-pyrrole nitrogens is 1. The van der Waals surface area contributed by atoms with Crippen LogP contribution in [0.2, 0.25) is 0 Å². The maximum absolute atomic E-state index is 11.3. The fourth-order valence-electron chi connectivity index (χ4n) is 2.23. The number of halogens is 1. The quantitative estimate of drug-likeness (QED) is 0.731. The second-order valence-corrected chi connectivity index (χ2v) is 6.48. The third-order valence-electron chi connectivity index (χ3n) is 3.20. The van der Waals surface area contributed by atoms with Gasteiger partial charge >= 0.3 is 0 Å². The minimum absolute atomic E-state index is 0. The molecule has 0 saturated heterocycles. The van der Waals surface area contributed by atoms with E-state index in [1.165, 1.54) is 0 Å². The zero-order chi connectivity index (χ0) is 14.9. The molecule has 1 aromatic heterocycles. The smallest absolute Gasteiger partial charge is 0.229 e. The molecule has 0 bridgehead atoms. The number of sulfonamides is 1. The molecular formula is C13H20ClN3O3S. The number of aromatic amines is 1. The zero-order valence-corrected chi connectivity index (χ0v) is 13.8.